The van der Waals surface area contributed by atoms with Crippen LogP contribution in [0.3, 0.4) is 0 Å². The zero-order valence-electron chi connectivity index (χ0n) is 8.30. The minimum absolute atomic E-state index is 0. The normalized spacial score (nSPS) is 19.4. The summed E-state index contributed by atoms with van der Waals surface area (Å²) in [5, 5.41) is 18.2. The Morgan fingerprint density at radius 2 is 2.33 bits per heavy atom. The molecule has 1 unspecified atom stereocenters. The van der Waals surface area contributed by atoms with Gasteiger partial charge in [-0.1, -0.05) is 6.08 Å². The third-order valence-corrected chi connectivity index (χ3v) is 1.97. The van der Waals surface area contributed by atoms with Crippen LogP contribution in [-0.4, -0.2) is 23.8 Å². The summed E-state index contributed by atoms with van der Waals surface area (Å²) in [5.74, 6) is -0.532. The molecular formula is C9H13ClN2O3. The summed E-state index contributed by atoms with van der Waals surface area (Å²) in [7, 11) is 0. The van der Waals surface area contributed by atoms with E-state index in [9.17, 15) is 10.1 Å². The Morgan fingerprint density at radius 3 is 2.87 bits per heavy atom. The highest BCUT2D eigenvalue weighted by Gasteiger charge is 2.29. The number of nitrogens with zero attached hydrogens (tertiary/aromatic N) is 1. The molecule has 0 radical (unpaired) electrons. The van der Waals surface area contributed by atoms with Gasteiger partial charge in [0.15, 0.2) is 0 Å². The number of rotatable bonds is 4. The quantitative estimate of drug-likeness (QED) is 0.593. The van der Waals surface area contributed by atoms with E-state index < -0.39 is 10.8 Å². The first kappa shape index (κ1) is 13.8. The Morgan fingerprint density at radius 1 is 1.67 bits per heavy atom. The molecule has 0 spiro atoms. The van der Waals surface area contributed by atoms with Crippen LogP contribution in [0, 0.1) is 21.4 Å². The average Bonchev–Trinajstić information content (AvgIpc) is 2.15. The van der Waals surface area contributed by atoms with Crippen molar-refractivity contribution in [3.63, 3.8) is 0 Å². The van der Waals surface area contributed by atoms with Crippen molar-refractivity contribution in [3.8, 4) is 0 Å². The van der Waals surface area contributed by atoms with Crippen molar-refractivity contribution in [1.29, 1.82) is 5.41 Å². The van der Waals surface area contributed by atoms with Crippen molar-refractivity contribution in [2.45, 2.75) is 6.92 Å². The lowest BCUT2D eigenvalue weighted by Crippen LogP contribution is -2.26. The molecule has 0 heterocycles. The van der Waals surface area contributed by atoms with Gasteiger partial charge in [0, 0.05) is 18.4 Å². The van der Waals surface area contributed by atoms with Gasteiger partial charge < -0.3 is 10.1 Å². The van der Waals surface area contributed by atoms with Crippen molar-refractivity contribution < 1.29 is 9.66 Å². The van der Waals surface area contributed by atoms with Crippen molar-refractivity contribution in [3.05, 3.63) is 34.0 Å². The summed E-state index contributed by atoms with van der Waals surface area (Å²) in [5.41, 5.74) is 0.263. The van der Waals surface area contributed by atoms with E-state index in [1.807, 2.05) is 6.92 Å². The molecule has 1 atom stereocenters. The van der Waals surface area contributed by atoms with E-state index >= 15 is 0 Å². The number of nitrogens with one attached hydrogen (secondary N) is 1. The van der Waals surface area contributed by atoms with Crippen molar-refractivity contribution >= 4 is 18.1 Å². The highest BCUT2D eigenvalue weighted by molar-refractivity contribution is 5.97. The number of halogens is 1. The molecule has 1 aliphatic rings. The molecule has 1 aliphatic carbocycles. The largest absolute Gasteiger partial charge is 0.380 e. The zero-order valence-corrected chi connectivity index (χ0v) is 9.12. The maximum atomic E-state index is 10.6. The summed E-state index contributed by atoms with van der Waals surface area (Å²) in [6.45, 7) is 2.52. The molecule has 0 aromatic heterocycles. The third kappa shape index (κ3) is 3.45. The molecule has 0 saturated heterocycles. The number of nitro groups is 1. The molecule has 0 aromatic carbocycles. The van der Waals surface area contributed by atoms with Gasteiger partial charge in [-0.05, 0) is 13.0 Å². The SMILES string of the molecule is CCOCC1C(=N)C=CC=C1[N+](=O)[O-].Cl. The van der Waals surface area contributed by atoms with Gasteiger partial charge in [0.25, 0.3) is 5.70 Å². The lowest BCUT2D eigenvalue weighted by atomic mass is 9.96. The second-order valence-corrected chi connectivity index (χ2v) is 2.88. The summed E-state index contributed by atoms with van der Waals surface area (Å²) in [6.07, 6.45) is 4.49. The van der Waals surface area contributed by atoms with Crippen molar-refractivity contribution in [2.75, 3.05) is 13.2 Å². The summed E-state index contributed by atoms with van der Waals surface area (Å²) < 4.78 is 5.10. The fraction of sp³-hybridized carbons (Fsp3) is 0.444. The fourth-order valence-corrected chi connectivity index (χ4v) is 1.24. The minimum atomic E-state index is -0.532. The molecule has 0 aliphatic heterocycles. The van der Waals surface area contributed by atoms with E-state index in [1.54, 1.807) is 6.08 Å². The van der Waals surface area contributed by atoms with Crippen LogP contribution >= 0.6 is 12.4 Å². The first-order chi connectivity index (χ1) is 6.66. The Labute approximate surface area is 93.9 Å². The van der Waals surface area contributed by atoms with Gasteiger partial charge in [-0.3, -0.25) is 10.1 Å². The van der Waals surface area contributed by atoms with Gasteiger partial charge in [-0.2, -0.15) is 0 Å². The van der Waals surface area contributed by atoms with Crippen LogP contribution in [0.1, 0.15) is 6.92 Å². The molecule has 0 saturated carbocycles. The molecule has 84 valence electrons. The van der Waals surface area contributed by atoms with Gasteiger partial charge >= 0.3 is 0 Å². The molecule has 5 nitrogen and oxygen atoms in total. The van der Waals surface area contributed by atoms with Crippen LogP contribution in [0.2, 0.25) is 0 Å². The van der Waals surface area contributed by atoms with Gasteiger partial charge in [0.1, 0.15) is 5.92 Å². The monoisotopic (exact) mass is 232 g/mol. The summed E-state index contributed by atoms with van der Waals surface area (Å²) >= 11 is 0. The highest BCUT2D eigenvalue weighted by Crippen LogP contribution is 2.18. The van der Waals surface area contributed by atoms with Crippen molar-refractivity contribution in [1.82, 2.24) is 0 Å². The van der Waals surface area contributed by atoms with Crippen LogP contribution in [0.5, 0.6) is 0 Å². The number of hydrogen-bond acceptors (Lipinski definition) is 4. The summed E-state index contributed by atoms with van der Waals surface area (Å²) in [6, 6.07) is 0. The second-order valence-electron chi connectivity index (χ2n) is 2.88. The Balaban J connectivity index is 0.00000196. The standard InChI is InChI=1S/C9H12N2O3.ClH/c1-2-14-6-7-8(10)4-3-5-9(7)11(12)13;/h3-5,7,10H,2,6H2,1H3;1H. The molecule has 0 bridgehead atoms. The molecule has 6 heteroatoms. The zero-order chi connectivity index (χ0) is 10.6. The van der Waals surface area contributed by atoms with Gasteiger partial charge in [-0.25, -0.2) is 0 Å². The van der Waals surface area contributed by atoms with E-state index in [0.717, 1.165) is 0 Å². The molecule has 15 heavy (non-hydrogen) atoms. The maximum absolute atomic E-state index is 10.6. The minimum Gasteiger partial charge on any atom is -0.380 e. The molecule has 0 amide bonds. The Hall–Kier alpha value is -1.20. The highest BCUT2D eigenvalue weighted by atomic mass is 35.5. The van der Waals surface area contributed by atoms with E-state index in [-0.39, 0.29) is 30.4 Å². The molecule has 0 aromatic rings. The molecule has 1 rings (SSSR count). The number of hydrogen-bond donors (Lipinski definition) is 1. The van der Waals surface area contributed by atoms with E-state index in [2.05, 4.69) is 0 Å². The van der Waals surface area contributed by atoms with E-state index in [4.69, 9.17) is 10.1 Å². The lowest BCUT2D eigenvalue weighted by Gasteiger charge is -2.15. The number of allylic oxidation sites excluding steroid dienone is 3. The third-order valence-electron chi connectivity index (χ3n) is 1.97. The molecule has 0 fully saturated rings. The fourth-order valence-electron chi connectivity index (χ4n) is 1.24. The van der Waals surface area contributed by atoms with Gasteiger partial charge in [0.05, 0.1) is 11.5 Å². The topological polar surface area (TPSA) is 76.2 Å². The smallest absolute Gasteiger partial charge is 0.257 e. The average molecular weight is 233 g/mol. The molecular weight excluding hydrogens is 220 g/mol. The van der Waals surface area contributed by atoms with E-state index in [0.29, 0.717) is 6.61 Å². The van der Waals surface area contributed by atoms with Crippen LogP contribution in [-0.2, 0) is 4.74 Å². The van der Waals surface area contributed by atoms with Crippen LogP contribution in [0.25, 0.3) is 0 Å². The summed E-state index contributed by atoms with van der Waals surface area (Å²) in [4.78, 5) is 10.2. The van der Waals surface area contributed by atoms with Crippen molar-refractivity contribution in [2.24, 2.45) is 5.92 Å². The second kappa shape index (κ2) is 6.31. The lowest BCUT2D eigenvalue weighted by molar-refractivity contribution is -0.432. The van der Waals surface area contributed by atoms with Crippen LogP contribution < -0.4 is 0 Å². The predicted molar refractivity (Wildman–Crippen MR) is 59.2 cm³/mol. The molecule has 1 N–H and O–H groups in total. The Bertz CT molecular complexity index is 312. The van der Waals surface area contributed by atoms with E-state index in [1.165, 1.54) is 12.2 Å². The first-order valence-electron chi connectivity index (χ1n) is 4.35. The number of ether oxygens (including phenoxy) is 1. The van der Waals surface area contributed by atoms with Crippen LogP contribution in [0.4, 0.5) is 0 Å². The van der Waals surface area contributed by atoms with Gasteiger partial charge in [-0.15, -0.1) is 12.4 Å². The van der Waals surface area contributed by atoms with Gasteiger partial charge in [0.2, 0.25) is 0 Å². The predicted octanol–water partition coefficient (Wildman–Crippen LogP) is 1.81. The maximum Gasteiger partial charge on any atom is 0.257 e. The van der Waals surface area contributed by atoms with Crippen LogP contribution in [0.15, 0.2) is 23.9 Å². The first-order valence-corrected chi connectivity index (χ1v) is 4.35. The Kier molecular flexibility index (Phi) is 5.81.